The second kappa shape index (κ2) is 6.76. The third kappa shape index (κ3) is 3.61. The van der Waals surface area contributed by atoms with Gasteiger partial charge in [0.25, 0.3) is 0 Å². The molecule has 0 aromatic heterocycles. The molecule has 0 saturated heterocycles. The Hall–Kier alpha value is -2.53. The Morgan fingerprint density at radius 3 is 2.28 bits per heavy atom. The van der Waals surface area contributed by atoms with Crippen LogP contribution >= 0.6 is 11.6 Å². The van der Waals surface area contributed by atoms with E-state index in [1.54, 1.807) is 18.2 Å². The summed E-state index contributed by atoms with van der Waals surface area (Å²) in [6.07, 6.45) is 1.03. The molecule has 3 rings (SSSR count). The van der Waals surface area contributed by atoms with Gasteiger partial charge >= 0.3 is 0 Å². The van der Waals surface area contributed by atoms with Crippen LogP contribution in [0, 0.1) is 12.3 Å². The first-order chi connectivity index (χ1) is 11.9. The number of aryl methyl sites for hydroxylation is 1. The summed E-state index contributed by atoms with van der Waals surface area (Å²) in [5.41, 5.74) is 1.19. The summed E-state index contributed by atoms with van der Waals surface area (Å²) in [5, 5.41) is 6.07. The van der Waals surface area contributed by atoms with Crippen LogP contribution in [-0.2, 0) is 9.59 Å². The molecular formula is C19H19ClN2O3. The van der Waals surface area contributed by atoms with Crippen molar-refractivity contribution in [2.45, 2.75) is 19.8 Å². The molecule has 0 radical (unpaired) electrons. The molecular weight excluding hydrogens is 340 g/mol. The van der Waals surface area contributed by atoms with Crippen LogP contribution in [0.3, 0.4) is 0 Å². The highest BCUT2D eigenvalue weighted by molar-refractivity contribution is 6.31. The second-order valence-corrected chi connectivity index (χ2v) is 6.64. The summed E-state index contributed by atoms with van der Waals surface area (Å²) < 4.78 is 5.23. The van der Waals surface area contributed by atoms with Crippen LogP contribution in [0.5, 0.6) is 5.75 Å². The molecule has 0 spiro atoms. The maximum Gasteiger partial charge on any atom is 0.240 e. The van der Waals surface area contributed by atoms with Gasteiger partial charge in [0.1, 0.15) is 11.2 Å². The van der Waals surface area contributed by atoms with Gasteiger partial charge in [-0.3, -0.25) is 9.59 Å². The lowest BCUT2D eigenvalue weighted by molar-refractivity contribution is -0.131. The van der Waals surface area contributed by atoms with E-state index in [0.717, 1.165) is 5.56 Å². The zero-order valence-corrected chi connectivity index (χ0v) is 14.8. The topological polar surface area (TPSA) is 67.4 Å². The third-order valence-corrected chi connectivity index (χ3v) is 4.57. The van der Waals surface area contributed by atoms with Crippen molar-refractivity contribution in [3.8, 4) is 5.75 Å². The zero-order valence-electron chi connectivity index (χ0n) is 14.1. The van der Waals surface area contributed by atoms with Gasteiger partial charge in [0.15, 0.2) is 0 Å². The molecule has 0 aliphatic heterocycles. The van der Waals surface area contributed by atoms with Gasteiger partial charge in [-0.2, -0.15) is 0 Å². The number of halogens is 1. The first-order valence-electron chi connectivity index (χ1n) is 7.98. The van der Waals surface area contributed by atoms with Gasteiger partial charge in [0.05, 0.1) is 12.8 Å². The molecule has 1 aliphatic rings. The van der Waals surface area contributed by atoms with Crippen LogP contribution in [0.4, 0.5) is 11.4 Å². The van der Waals surface area contributed by atoms with Crippen molar-refractivity contribution in [1.29, 1.82) is 0 Å². The van der Waals surface area contributed by atoms with Crippen molar-refractivity contribution in [3.63, 3.8) is 0 Å². The van der Waals surface area contributed by atoms with E-state index in [0.29, 0.717) is 35.0 Å². The van der Waals surface area contributed by atoms with E-state index in [2.05, 4.69) is 10.6 Å². The molecule has 2 amide bonds. The lowest BCUT2D eigenvalue weighted by Gasteiger charge is -2.17. The number of methoxy groups -OCH3 is 1. The molecule has 0 bridgehead atoms. The van der Waals surface area contributed by atoms with Crippen LogP contribution in [0.1, 0.15) is 18.4 Å². The summed E-state index contributed by atoms with van der Waals surface area (Å²) in [4.78, 5) is 25.3. The van der Waals surface area contributed by atoms with Crippen LogP contribution in [-0.4, -0.2) is 18.9 Å². The minimum absolute atomic E-state index is 0.296. The highest BCUT2D eigenvalue weighted by Gasteiger charge is 2.56. The standard InChI is InChI=1S/C19H19ClN2O3/c1-12-3-6-14(7-4-12)21-17(23)19(9-10-19)18(24)22-15-11-13(20)5-8-16(15)25-2/h3-8,11H,9-10H2,1-2H3,(H,21,23)(H,22,24). The molecule has 0 heterocycles. The number of hydrogen-bond donors (Lipinski definition) is 2. The maximum absolute atomic E-state index is 12.7. The Bertz CT molecular complexity index is 814. The van der Waals surface area contributed by atoms with Gasteiger partial charge in [-0.1, -0.05) is 29.3 Å². The van der Waals surface area contributed by atoms with Crippen molar-refractivity contribution in [2.24, 2.45) is 5.41 Å². The van der Waals surface area contributed by atoms with Gasteiger partial charge in [0.2, 0.25) is 11.8 Å². The number of hydrogen-bond acceptors (Lipinski definition) is 3. The largest absolute Gasteiger partial charge is 0.495 e. The lowest BCUT2D eigenvalue weighted by atomic mass is 10.0. The molecule has 25 heavy (non-hydrogen) atoms. The van der Waals surface area contributed by atoms with E-state index in [9.17, 15) is 9.59 Å². The van der Waals surface area contributed by atoms with Gasteiger partial charge in [-0.15, -0.1) is 0 Å². The molecule has 0 unspecified atom stereocenters. The average Bonchev–Trinajstić information content (AvgIpc) is 3.39. The quantitative estimate of drug-likeness (QED) is 0.793. The fourth-order valence-electron chi connectivity index (χ4n) is 2.59. The Balaban J connectivity index is 1.74. The Morgan fingerprint density at radius 1 is 1.04 bits per heavy atom. The predicted octanol–water partition coefficient (Wildman–Crippen LogP) is 4.01. The molecule has 0 atom stereocenters. The number of rotatable bonds is 5. The minimum atomic E-state index is -1.04. The van der Waals surface area contributed by atoms with Crippen LogP contribution < -0.4 is 15.4 Å². The Labute approximate surface area is 151 Å². The van der Waals surface area contributed by atoms with Crippen molar-refractivity contribution >= 4 is 34.8 Å². The van der Waals surface area contributed by atoms with Crippen molar-refractivity contribution in [3.05, 3.63) is 53.1 Å². The van der Waals surface area contributed by atoms with Gasteiger partial charge in [-0.05, 0) is 50.1 Å². The van der Waals surface area contributed by atoms with E-state index in [1.807, 2.05) is 31.2 Å². The number of carbonyl (C=O) groups excluding carboxylic acids is 2. The number of ether oxygens (including phenoxy) is 1. The zero-order chi connectivity index (χ0) is 18.0. The lowest BCUT2D eigenvalue weighted by Crippen LogP contribution is -2.35. The number of anilines is 2. The van der Waals surface area contributed by atoms with Crippen molar-refractivity contribution in [1.82, 2.24) is 0 Å². The minimum Gasteiger partial charge on any atom is -0.495 e. The van der Waals surface area contributed by atoms with Crippen LogP contribution in [0.15, 0.2) is 42.5 Å². The van der Waals surface area contributed by atoms with E-state index in [-0.39, 0.29) is 11.8 Å². The molecule has 5 nitrogen and oxygen atoms in total. The van der Waals surface area contributed by atoms with Crippen molar-refractivity contribution < 1.29 is 14.3 Å². The number of nitrogens with one attached hydrogen (secondary N) is 2. The molecule has 6 heteroatoms. The van der Waals surface area contributed by atoms with E-state index < -0.39 is 5.41 Å². The first-order valence-corrected chi connectivity index (χ1v) is 8.35. The summed E-state index contributed by atoms with van der Waals surface area (Å²) in [6, 6.07) is 12.4. The average molecular weight is 359 g/mol. The van der Waals surface area contributed by atoms with Crippen molar-refractivity contribution in [2.75, 3.05) is 17.7 Å². The smallest absolute Gasteiger partial charge is 0.240 e. The Kier molecular flexibility index (Phi) is 4.68. The molecule has 1 saturated carbocycles. The number of amides is 2. The third-order valence-electron chi connectivity index (χ3n) is 4.34. The first kappa shape index (κ1) is 17.3. The molecule has 2 N–H and O–H groups in total. The number of benzene rings is 2. The molecule has 130 valence electrons. The van der Waals surface area contributed by atoms with Gasteiger partial charge in [-0.25, -0.2) is 0 Å². The summed E-state index contributed by atoms with van der Waals surface area (Å²) in [5.74, 6) is -0.153. The SMILES string of the molecule is COc1ccc(Cl)cc1NC(=O)C1(C(=O)Nc2ccc(C)cc2)CC1. The fourth-order valence-corrected chi connectivity index (χ4v) is 2.76. The molecule has 2 aromatic rings. The van der Waals surface area contributed by atoms with E-state index in [1.165, 1.54) is 7.11 Å². The molecule has 1 aliphatic carbocycles. The monoisotopic (exact) mass is 358 g/mol. The second-order valence-electron chi connectivity index (χ2n) is 6.20. The molecule has 2 aromatic carbocycles. The van der Waals surface area contributed by atoms with Crippen LogP contribution in [0.25, 0.3) is 0 Å². The Morgan fingerprint density at radius 2 is 1.68 bits per heavy atom. The normalized spacial score (nSPS) is 14.5. The number of carbonyl (C=O) groups is 2. The van der Waals surface area contributed by atoms with Gasteiger partial charge < -0.3 is 15.4 Å². The molecule has 1 fully saturated rings. The van der Waals surface area contributed by atoms with Gasteiger partial charge in [0, 0.05) is 10.7 Å². The highest BCUT2D eigenvalue weighted by Crippen LogP contribution is 2.48. The summed E-state index contributed by atoms with van der Waals surface area (Å²) >= 11 is 5.98. The predicted molar refractivity (Wildman–Crippen MR) is 98.1 cm³/mol. The van der Waals surface area contributed by atoms with E-state index >= 15 is 0 Å². The summed E-state index contributed by atoms with van der Waals surface area (Å²) in [6.45, 7) is 1.97. The summed E-state index contributed by atoms with van der Waals surface area (Å²) in [7, 11) is 1.51. The van der Waals surface area contributed by atoms with E-state index in [4.69, 9.17) is 16.3 Å². The maximum atomic E-state index is 12.7. The fraction of sp³-hybridized carbons (Fsp3) is 0.263. The van der Waals surface area contributed by atoms with Crippen LogP contribution in [0.2, 0.25) is 5.02 Å². The highest BCUT2D eigenvalue weighted by atomic mass is 35.5.